The van der Waals surface area contributed by atoms with Crippen LogP contribution in [0.4, 0.5) is 0 Å². The Balaban J connectivity index is 2.11. The van der Waals surface area contributed by atoms with E-state index in [0.29, 0.717) is 3.63 Å². The van der Waals surface area contributed by atoms with E-state index in [2.05, 4.69) is 111 Å². The Kier molecular flexibility index (Phi) is 6.30. The Bertz CT molecular complexity index is 1160. The van der Waals surface area contributed by atoms with Gasteiger partial charge in [0.2, 0.25) is 0 Å². The van der Waals surface area contributed by atoms with Crippen molar-refractivity contribution in [3.8, 4) is 11.1 Å². The molecule has 4 rings (SSSR count). The molecule has 0 saturated carbocycles. The molecule has 2 aromatic rings. The van der Waals surface area contributed by atoms with E-state index in [9.17, 15) is 0 Å². The van der Waals surface area contributed by atoms with Crippen LogP contribution in [0.2, 0.25) is 8.26 Å². The Morgan fingerprint density at radius 3 is 2.09 bits per heavy atom. The van der Waals surface area contributed by atoms with E-state index in [1.807, 2.05) is 0 Å². The fourth-order valence-corrected chi connectivity index (χ4v) is 15.9. The summed E-state index contributed by atoms with van der Waals surface area (Å²) in [5.74, 6) is 0. The van der Waals surface area contributed by atoms with Gasteiger partial charge in [-0.25, -0.2) is 0 Å². The van der Waals surface area contributed by atoms with Crippen molar-refractivity contribution in [2.24, 2.45) is 0 Å². The summed E-state index contributed by atoms with van der Waals surface area (Å²) in [5.41, 5.74) is 12.8. The van der Waals surface area contributed by atoms with Crippen molar-refractivity contribution in [2.75, 3.05) is 0 Å². The molecule has 1 unspecified atom stereocenters. The van der Waals surface area contributed by atoms with Crippen molar-refractivity contribution in [3.05, 3.63) is 76.4 Å². The number of fused-ring (bicyclic) bond motifs is 3. The molecule has 0 nitrogen and oxygen atoms in total. The van der Waals surface area contributed by atoms with E-state index in [0.717, 1.165) is 6.42 Å². The van der Waals surface area contributed by atoms with Crippen molar-refractivity contribution in [3.63, 3.8) is 0 Å². The first-order valence-electron chi connectivity index (χ1n) is 12.5. The normalized spacial score (nSPS) is 18.0. The Morgan fingerprint density at radius 2 is 1.56 bits per heavy atom. The van der Waals surface area contributed by atoms with E-state index in [1.54, 1.807) is 16.7 Å². The summed E-state index contributed by atoms with van der Waals surface area (Å²) in [6.45, 7) is 21.7. The van der Waals surface area contributed by atoms with E-state index >= 15 is 0 Å². The summed E-state index contributed by atoms with van der Waals surface area (Å²) >= 11 is -2.45. The summed E-state index contributed by atoms with van der Waals surface area (Å²) < 4.78 is 3.47. The topological polar surface area (TPSA) is 0 Å². The van der Waals surface area contributed by atoms with Gasteiger partial charge in [0.15, 0.2) is 0 Å². The zero-order chi connectivity index (χ0) is 23.5. The van der Waals surface area contributed by atoms with Crippen molar-refractivity contribution in [1.29, 1.82) is 0 Å². The van der Waals surface area contributed by atoms with Gasteiger partial charge in [0.05, 0.1) is 0 Å². The van der Waals surface area contributed by atoms with Crippen LogP contribution < -0.4 is 0 Å². The van der Waals surface area contributed by atoms with Crippen LogP contribution in [-0.4, -0.2) is 6.88 Å². The minimum atomic E-state index is -2.45. The molecule has 169 valence electrons. The molecule has 0 heterocycles. The van der Waals surface area contributed by atoms with E-state index in [-0.39, 0.29) is 10.8 Å². The van der Waals surface area contributed by atoms with E-state index in [4.69, 9.17) is 0 Å². The van der Waals surface area contributed by atoms with Crippen molar-refractivity contribution in [2.45, 2.75) is 84.5 Å². The summed E-state index contributed by atoms with van der Waals surface area (Å²) in [4.78, 5) is 0. The van der Waals surface area contributed by atoms with Crippen LogP contribution in [0.15, 0.2) is 48.6 Å². The second kappa shape index (κ2) is 8.35. The van der Waals surface area contributed by atoms with Crippen LogP contribution in [-0.2, 0) is 29.7 Å². The third kappa shape index (κ3) is 3.94. The molecule has 0 bridgehead atoms. The zero-order valence-corrected chi connectivity index (χ0v) is 25.4. The minimum absolute atomic E-state index is 0.135. The zero-order valence-electron chi connectivity index (χ0n) is 21.5. The SMILES string of the molecule is C[CH2][Zr](=[SiH2])([CH2]C)[CH]1c2cc(C(C)(C)C)ccc2-c2ccc(C(C)(C)C)c(C3=CC=CC3)c21. The quantitative estimate of drug-likeness (QED) is 0.356. The molecular weight excluding hydrogens is 480 g/mol. The molecule has 32 heavy (non-hydrogen) atoms. The Hall–Kier alpha value is -0.980. The molecule has 1 atom stereocenters. The number of rotatable bonds is 4. The number of benzene rings is 2. The summed E-state index contributed by atoms with van der Waals surface area (Å²) in [6, 6.07) is 12.4. The van der Waals surface area contributed by atoms with Crippen molar-refractivity contribution in [1.82, 2.24) is 0 Å². The van der Waals surface area contributed by atoms with Gasteiger partial charge in [-0.3, -0.25) is 0 Å². The second-order valence-electron chi connectivity index (χ2n) is 12.1. The summed E-state index contributed by atoms with van der Waals surface area (Å²) in [6.07, 6.45) is 8.06. The van der Waals surface area contributed by atoms with Crippen molar-refractivity contribution >= 4 is 12.5 Å². The van der Waals surface area contributed by atoms with Gasteiger partial charge >= 0.3 is 203 Å². The van der Waals surface area contributed by atoms with Gasteiger partial charge in [0.1, 0.15) is 0 Å². The molecule has 0 amide bonds. The Labute approximate surface area is 202 Å². The van der Waals surface area contributed by atoms with E-state index in [1.165, 1.54) is 36.1 Å². The average molecular weight is 521 g/mol. The molecule has 0 fully saturated rings. The second-order valence-corrected chi connectivity index (χ2v) is 32.0. The molecule has 0 aliphatic heterocycles. The first-order chi connectivity index (χ1) is 14.9. The number of hydrogen-bond donors (Lipinski definition) is 0. The van der Waals surface area contributed by atoms with Crippen molar-refractivity contribution < 1.29 is 18.9 Å². The monoisotopic (exact) mass is 519 g/mol. The van der Waals surface area contributed by atoms with Gasteiger partial charge in [-0.15, -0.1) is 0 Å². The fraction of sp³-hybridized carbons (Fsp3) is 0.467. The third-order valence-electron chi connectivity index (χ3n) is 7.97. The van der Waals surface area contributed by atoms with E-state index < -0.39 is 18.9 Å². The van der Waals surface area contributed by atoms with Gasteiger partial charge < -0.3 is 0 Å². The molecule has 0 saturated heterocycles. The van der Waals surface area contributed by atoms with Gasteiger partial charge in [-0.05, 0) is 0 Å². The molecule has 0 radical (unpaired) electrons. The first-order valence-corrected chi connectivity index (χ1v) is 23.3. The molecule has 0 aromatic heterocycles. The predicted octanol–water partition coefficient (Wildman–Crippen LogP) is 8.27. The van der Waals surface area contributed by atoms with Crippen LogP contribution >= 0.6 is 0 Å². The molecule has 0 N–H and O–H groups in total. The van der Waals surface area contributed by atoms with Crippen LogP contribution in [0.1, 0.15) is 93.3 Å². The molecule has 2 aliphatic rings. The summed E-state index contributed by atoms with van der Waals surface area (Å²) in [7, 11) is 0. The standard InChI is InChI=1S/C26H29.2C2H5.H2Si.Zr/c1-25(2,3)19-11-12-20-18(15-19)16-22-21(20)13-14-23(26(4,5)6)24(22)17-9-7-8-10-17;2*1-2;;/h7-9,11-16H,10H2,1-6H3;2*1H2,2H3;1H2;. The molecule has 2 aromatic carbocycles. The number of hydrogen-bond acceptors (Lipinski definition) is 0. The van der Waals surface area contributed by atoms with Crippen LogP contribution in [0.25, 0.3) is 16.7 Å². The number of allylic oxidation sites excluding steroid dienone is 4. The van der Waals surface area contributed by atoms with Crippen LogP contribution in [0.5, 0.6) is 0 Å². The Morgan fingerprint density at radius 1 is 0.906 bits per heavy atom. The van der Waals surface area contributed by atoms with Gasteiger partial charge in [-0.1, -0.05) is 0 Å². The van der Waals surface area contributed by atoms with Gasteiger partial charge in [0.25, 0.3) is 0 Å². The van der Waals surface area contributed by atoms with Crippen LogP contribution in [0.3, 0.4) is 0 Å². The van der Waals surface area contributed by atoms with Crippen LogP contribution in [0, 0.1) is 0 Å². The fourth-order valence-electron chi connectivity index (χ4n) is 5.72. The average Bonchev–Trinajstić information content (AvgIpc) is 3.37. The van der Waals surface area contributed by atoms with Gasteiger partial charge in [0, 0.05) is 0 Å². The molecule has 2 aliphatic carbocycles. The maximum atomic E-state index is 2.60. The maximum absolute atomic E-state index is 2.60. The molecule has 2 heteroatoms. The predicted molar refractivity (Wildman–Crippen MR) is 142 cm³/mol. The first kappa shape index (κ1) is 24.2. The summed E-state index contributed by atoms with van der Waals surface area (Å²) in [5, 5.41) is 0. The third-order valence-corrected chi connectivity index (χ3v) is 27.7. The molecule has 0 spiro atoms. The van der Waals surface area contributed by atoms with Gasteiger partial charge in [-0.2, -0.15) is 0 Å². The molecular formula is C30H41SiZr.